The zero-order chi connectivity index (χ0) is 13.3. The smallest absolute Gasteiger partial charge is 0.227 e. The number of aliphatic hydroxyl groups is 2. The average Bonchev–Trinajstić information content (AvgIpc) is 2.36. The van der Waals surface area contributed by atoms with E-state index in [9.17, 15) is 15.0 Å². The van der Waals surface area contributed by atoms with E-state index in [1.807, 2.05) is 19.9 Å². The van der Waals surface area contributed by atoms with Crippen molar-refractivity contribution in [2.75, 3.05) is 0 Å². The maximum atomic E-state index is 12.0. The molecule has 94 valence electrons. The second-order valence-corrected chi connectivity index (χ2v) is 4.68. The number of rotatable bonds is 2. The summed E-state index contributed by atoms with van der Waals surface area (Å²) < 4.78 is 0. The summed E-state index contributed by atoms with van der Waals surface area (Å²) in [4.78, 5) is 12.0. The molecule has 0 saturated carbocycles. The van der Waals surface area contributed by atoms with Crippen molar-refractivity contribution >= 4 is 5.78 Å². The summed E-state index contributed by atoms with van der Waals surface area (Å²) in [6.45, 7) is 3.87. The largest absolute Gasteiger partial charge is 0.504 e. The molecule has 0 spiro atoms. The molecule has 0 aromatic heterocycles. The van der Waals surface area contributed by atoms with Gasteiger partial charge in [-0.1, -0.05) is 35.9 Å². The molecule has 1 aliphatic carbocycles. The van der Waals surface area contributed by atoms with Gasteiger partial charge >= 0.3 is 0 Å². The van der Waals surface area contributed by atoms with Crippen LogP contribution in [-0.2, 0) is 0 Å². The Morgan fingerprint density at radius 1 is 1.33 bits per heavy atom. The van der Waals surface area contributed by atoms with Crippen molar-refractivity contribution < 1.29 is 15.0 Å². The van der Waals surface area contributed by atoms with E-state index in [4.69, 9.17) is 0 Å². The van der Waals surface area contributed by atoms with Gasteiger partial charge in [-0.05, 0) is 25.8 Å². The second-order valence-electron chi connectivity index (χ2n) is 4.68. The number of hydrogen-bond acceptors (Lipinski definition) is 3. The molecule has 3 heteroatoms. The minimum atomic E-state index is -0.908. The van der Waals surface area contributed by atoms with Crippen molar-refractivity contribution in [2.45, 2.75) is 26.4 Å². The minimum Gasteiger partial charge on any atom is -0.504 e. The normalized spacial score (nSPS) is 18.6. The van der Waals surface area contributed by atoms with Crippen molar-refractivity contribution in [2.24, 2.45) is 0 Å². The van der Waals surface area contributed by atoms with Crippen molar-refractivity contribution in [1.29, 1.82) is 0 Å². The molecule has 3 nitrogen and oxygen atoms in total. The first-order valence-electron chi connectivity index (χ1n) is 5.89. The summed E-state index contributed by atoms with van der Waals surface area (Å²) in [7, 11) is 0. The fraction of sp³-hybridized carbons (Fsp3) is 0.267. The number of fused-ring (bicyclic) bond motifs is 1. The Morgan fingerprint density at radius 2 is 2.00 bits per heavy atom. The van der Waals surface area contributed by atoms with E-state index in [-0.39, 0.29) is 5.76 Å². The van der Waals surface area contributed by atoms with E-state index in [1.54, 1.807) is 24.3 Å². The predicted octanol–water partition coefficient (Wildman–Crippen LogP) is 3.08. The zero-order valence-corrected chi connectivity index (χ0v) is 10.5. The lowest BCUT2D eigenvalue weighted by atomic mass is 9.85. The van der Waals surface area contributed by atoms with Crippen LogP contribution in [0.2, 0.25) is 0 Å². The van der Waals surface area contributed by atoms with Crippen LogP contribution in [0.3, 0.4) is 0 Å². The van der Waals surface area contributed by atoms with Gasteiger partial charge in [0.25, 0.3) is 0 Å². The quantitative estimate of drug-likeness (QED) is 0.786. The first-order chi connectivity index (χ1) is 8.52. The van der Waals surface area contributed by atoms with Gasteiger partial charge in [0.1, 0.15) is 6.10 Å². The molecule has 0 bridgehead atoms. The van der Waals surface area contributed by atoms with Crippen LogP contribution < -0.4 is 0 Å². The van der Waals surface area contributed by atoms with Crippen LogP contribution in [0, 0.1) is 0 Å². The summed E-state index contributed by atoms with van der Waals surface area (Å²) >= 11 is 0. The first-order valence-corrected chi connectivity index (χ1v) is 5.89. The molecule has 1 unspecified atom stereocenters. The number of ketones is 1. The Hall–Kier alpha value is -1.87. The fourth-order valence-corrected chi connectivity index (χ4v) is 2.06. The third-order valence-electron chi connectivity index (χ3n) is 3.08. The summed E-state index contributed by atoms with van der Waals surface area (Å²) in [6, 6.07) is 6.83. The Bertz CT molecular complexity index is 549. The number of carbonyl (C=O) groups excluding carboxylic acids is 1. The molecule has 0 fully saturated rings. The Labute approximate surface area is 106 Å². The van der Waals surface area contributed by atoms with Crippen LogP contribution in [-0.4, -0.2) is 16.0 Å². The van der Waals surface area contributed by atoms with Crippen molar-refractivity contribution in [1.82, 2.24) is 0 Å². The number of hydrogen-bond donors (Lipinski definition) is 2. The van der Waals surface area contributed by atoms with E-state index < -0.39 is 11.9 Å². The molecule has 2 N–H and O–H groups in total. The molecule has 0 aliphatic heterocycles. The van der Waals surface area contributed by atoms with E-state index >= 15 is 0 Å². The molecule has 2 rings (SSSR count). The highest BCUT2D eigenvalue weighted by Crippen LogP contribution is 2.35. The minimum absolute atomic E-state index is 0.321. The first kappa shape index (κ1) is 12.6. The van der Waals surface area contributed by atoms with Crippen molar-refractivity contribution in [3.8, 4) is 0 Å². The maximum Gasteiger partial charge on any atom is 0.227 e. The van der Waals surface area contributed by atoms with Crippen molar-refractivity contribution in [3.05, 3.63) is 58.4 Å². The van der Waals surface area contributed by atoms with Gasteiger partial charge < -0.3 is 10.2 Å². The van der Waals surface area contributed by atoms with Crippen molar-refractivity contribution in [3.63, 3.8) is 0 Å². The van der Waals surface area contributed by atoms with Crippen LogP contribution in [0.15, 0.2) is 47.2 Å². The summed E-state index contributed by atoms with van der Waals surface area (Å²) in [5.74, 6) is -0.730. The number of Topliss-reactive ketones (excluding diaryl/α,β-unsaturated/α-hetero) is 1. The number of benzene rings is 1. The highest BCUT2D eigenvalue weighted by molar-refractivity contribution is 6.10. The fourth-order valence-electron chi connectivity index (χ4n) is 2.06. The highest BCUT2D eigenvalue weighted by Gasteiger charge is 2.31. The standard InChI is InChI=1S/C15H16O3/c1-9(2)7-8-12-13(16)10-5-3-4-6-11(10)14(17)15(12)18/h3-7,13,16,18H,8H2,1-2H3. The zero-order valence-electron chi connectivity index (χ0n) is 10.5. The molecule has 0 heterocycles. The lowest BCUT2D eigenvalue weighted by Gasteiger charge is -2.23. The molecule has 0 radical (unpaired) electrons. The second kappa shape index (κ2) is 4.78. The molecule has 0 saturated heterocycles. The number of aliphatic hydroxyl groups excluding tert-OH is 2. The summed E-state index contributed by atoms with van der Waals surface area (Å²) in [5.41, 5.74) is 2.40. The topological polar surface area (TPSA) is 57.5 Å². The van der Waals surface area contributed by atoms with Gasteiger partial charge in [0, 0.05) is 11.1 Å². The van der Waals surface area contributed by atoms with Crippen LogP contribution in [0.5, 0.6) is 0 Å². The molecule has 1 atom stereocenters. The molecular formula is C15H16O3. The molecule has 1 aromatic rings. The molecule has 18 heavy (non-hydrogen) atoms. The molecule has 1 aliphatic rings. The molecule has 1 aromatic carbocycles. The number of allylic oxidation sites excluding steroid dienone is 3. The third-order valence-corrected chi connectivity index (χ3v) is 3.08. The Kier molecular flexibility index (Phi) is 3.34. The van der Waals surface area contributed by atoms with Gasteiger partial charge in [-0.3, -0.25) is 4.79 Å². The van der Waals surface area contributed by atoms with Gasteiger partial charge in [-0.15, -0.1) is 0 Å². The van der Waals surface area contributed by atoms with Gasteiger partial charge in [-0.2, -0.15) is 0 Å². The van der Waals surface area contributed by atoms with E-state index in [0.717, 1.165) is 5.57 Å². The van der Waals surface area contributed by atoms with Gasteiger partial charge in [-0.25, -0.2) is 0 Å². The summed E-state index contributed by atoms with van der Waals surface area (Å²) in [5, 5.41) is 20.1. The van der Waals surface area contributed by atoms with Gasteiger partial charge in [0.05, 0.1) is 0 Å². The Morgan fingerprint density at radius 3 is 2.67 bits per heavy atom. The average molecular weight is 244 g/mol. The number of carbonyl (C=O) groups is 1. The maximum absolute atomic E-state index is 12.0. The van der Waals surface area contributed by atoms with Gasteiger partial charge in [0.15, 0.2) is 5.76 Å². The summed E-state index contributed by atoms with van der Waals surface area (Å²) in [6.07, 6.45) is 1.36. The van der Waals surface area contributed by atoms with E-state index in [2.05, 4.69) is 0 Å². The lowest BCUT2D eigenvalue weighted by Crippen LogP contribution is -2.20. The monoisotopic (exact) mass is 244 g/mol. The van der Waals surface area contributed by atoms with Crippen LogP contribution in [0.1, 0.15) is 42.3 Å². The lowest BCUT2D eigenvalue weighted by molar-refractivity contribution is 0.0943. The predicted molar refractivity (Wildman–Crippen MR) is 69.4 cm³/mol. The Balaban J connectivity index is 2.46. The van der Waals surface area contributed by atoms with Gasteiger partial charge in [0.2, 0.25) is 5.78 Å². The van der Waals surface area contributed by atoms with E-state index in [0.29, 0.717) is 23.1 Å². The highest BCUT2D eigenvalue weighted by atomic mass is 16.3. The molecule has 0 amide bonds. The van der Waals surface area contributed by atoms with Crippen LogP contribution in [0.4, 0.5) is 0 Å². The van der Waals surface area contributed by atoms with Crippen LogP contribution in [0.25, 0.3) is 0 Å². The third kappa shape index (κ3) is 2.09. The van der Waals surface area contributed by atoms with E-state index in [1.165, 1.54) is 0 Å². The van der Waals surface area contributed by atoms with Crippen LogP contribution >= 0.6 is 0 Å². The molecular weight excluding hydrogens is 228 g/mol. The SMILES string of the molecule is CC(C)=CCC1=C(O)C(=O)c2ccccc2C1O.